The van der Waals surface area contributed by atoms with Crippen LogP contribution in [0.3, 0.4) is 0 Å². The summed E-state index contributed by atoms with van der Waals surface area (Å²) in [6, 6.07) is 12.2. The van der Waals surface area contributed by atoms with E-state index in [4.69, 9.17) is 0 Å². The molecule has 0 bridgehead atoms. The first-order chi connectivity index (χ1) is 10.2. The maximum atomic E-state index is 13.5. The molecular weight excluding hydrogens is 268 g/mol. The van der Waals surface area contributed by atoms with Crippen LogP contribution >= 0.6 is 0 Å². The van der Waals surface area contributed by atoms with Crippen molar-refractivity contribution in [3.8, 4) is 0 Å². The van der Waals surface area contributed by atoms with E-state index in [0.29, 0.717) is 0 Å². The average Bonchev–Trinajstić information content (AvgIpc) is 2.51. The minimum absolute atomic E-state index is 0.119. The zero-order chi connectivity index (χ0) is 15.2. The average molecular weight is 289 g/mol. The molecule has 0 heterocycles. The van der Waals surface area contributed by atoms with Gasteiger partial charge in [0.05, 0.1) is 6.04 Å². The number of hydrogen-bond donors (Lipinski definition) is 1. The number of aryl methyl sites for hydroxylation is 1. The van der Waals surface area contributed by atoms with E-state index >= 15 is 0 Å². The molecule has 0 spiro atoms. The fourth-order valence-corrected chi connectivity index (χ4v) is 2.40. The number of benzene rings is 2. The first kappa shape index (κ1) is 15.6. The Morgan fingerprint density at radius 1 is 0.952 bits per heavy atom. The molecule has 0 aliphatic carbocycles. The van der Waals surface area contributed by atoms with Crippen LogP contribution in [-0.2, 0) is 6.42 Å². The first-order valence-corrected chi connectivity index (χ1v) is 7.42. The van der Waals surface area contributed by atoms with Crippen molar-refractivity contribution >= 4 is 0 Å². The molecule has 0 saturated carbocycles. The van der Waals surface area contributed by atoms with Gasteiger partial charge in [-0.1, -0.05) is 44.2 Å². The van der Waals surface area contributed by atoms with E-state index in [-0.39, 0.29) is 6.04 Å². The van der Waals surface area contributed by atoms with Crippen molar-refractivity contribution < 1.29 is 8.78 Å². The maximum absolute atomic E-state index is 13.5. The Bertz CT molecular complexity index is 596. The van der Waals surface area contributed by atoms with Crippen LogP contribution in [0.4, 0.5) is 8.78 Å². The molecule has 2 rings (SSSR count). The third-order valence-electron chi connectivity index (χ3n) is 3.57. The van der Waals surface area contributed by atoms with Gasteiger partial charge in [-0.2, -0.15) is 0 Å². The lowest BCUT2D eigenvalue weighted by atomic mass is 9.96. The van der Waals surface area contributed by atoms with Crippen LogP contribution in [0.15, 0.2) is 42.5 Å². The van der Waals surface area contributed by atoms with E-state index < -0.39 is 11.6 Å². The molecule has 0 aliphatic rings. The third kappa shape index (κ3) is 3.88. The van der Waals surface area contributed by atoms with Crippen LogP contribution in [0.2, 0.25) is 0 Å². The van der Waals surface area contributed by atoms with Crippen LogP contribution in [0.1, 0.15) is 43.0 Å². The van der Waals surface area contributed by atoms with Gasteiger partial charge in [0, 0.05) is 0 Å². The normalized spacial score (nSPS) is 12.4. The van der Waals surface area contributed by atoms with Gasteiger partial charge in [-0.25, -0.2) is 8.78 Å². The minimum atomic E-state index is -0.810. The second kappa shape index (κ2) is 7.32. The Hall–Kier alpha value is -1.74. The molecule has 1 N–H and O–H groups in total. The highest BCUT2D eigenvalue weighted by Crippen LogP contribution is 2.24. The molecule has 0 amide bonds. The molecule has 0 aromatic heterocycles. The van der Waals surface area contributed by atoms with Crippen LogP contribution < -0.4 is 5.32 Å². The SMILES string of the molecule is CCCNC(c1cccc(CC)c1)c1ccc(F)c(F)c1. The molecule has 0 radical (unpaired) electrons. The van der Waals surface area contributed by atoms with E-state index in [9.17, 15) is 8.78 Å². The predicted molar refractivity (Wildman–Crippen MR) is 82.3 cm³/mol. The second-order valence-electron chi connectivity index (χ2n) is 5.16. The summed E-state index contributed by atoms with van der Waals surface area (Å²) in [4.78, 5) is 0. The van der Waals surface area contributed by atoms with Crippen LogP contribution in [0, 0.1) is 11.6 Å². The van der Waals surface area contributed by atoms with E-state index in [1.165, 1.54) is 17.7 Å². The predicted octanol–water partition coefficient (Wildman–Crippen LogP) is 4.62. The largest absolute Gasteiger partial charge is 0.306 e. The van der Waals surface area contributed by atoms with Crippen molar-refractivity contribution in [2.75, 3.05) is 6.54 Å². The number of halogens is 2. The van der Waals surface area contributed by atoms with E-state index in [2.05, 4.69) is 31.3 Å². The molecule has 0 fully saturated rings. The highest BCUT2D eigenvalue weighted by Gasteiger charge is 2.15. The Labute approximate surface area is 125 Å². The summed E-state index contributed by atoms with van der Waals surface area (Å²) in [5, 5.41) is 3.41. The van der Waals surface area contributed by atoms with Crippen LogP contribution in [0.5, 0.6) is 0 Å². The summed E-state index contributed by atoms with van der Waals surface area (Å²) in [5.41, 5.74) is 3.06. The van der Waals surface area contributed by atoms with Crippen molar-refractivity contribution in [3.05, 3.63) is 70.8 Å². The van der Waals surface area contributed by atoms with E-state index in [1.807, 2.05) is 12.1 Å². The van der Waals surface area contributed by atoms with Gasteiger partial charge >= 0.3 is 0 Å². The highest BCUT2D eigenvalue weighted by molar-refractivity contribution is 5.34. The number of nitrogens with one attached hydrogen (secondary N) is 1. The summed E-state index contributed by atoms with van der Waals surface area (Å²) in [7, 11) is 0. The molecule has 0 saturated heterocycles. The van der Waals surface area contributed by atoms with Crippen LogP contribution in [-0.4, -0.2) is 6.54 Å². The molecule has 1 unspecified atom stereocenters. The third-order valence-corrected chi connectivity index (χ3v) is 3.57. The van der Waals surface area contributed by atoms with E-state index in [1.54, 1.807) is 6.07 Å². The van der Waals surface area contributed by atoms with E-state index in [0.717, 1.165) is 30.5 Å². The van der Waals surface area contributed by atoms with Crippen LogP contribution in [0.25, 0.3) is 0 Å². The summed E-state index contributed by atoms with van der Waals surface area (Å²) < 4.78 is 26.7. The molecule has 2 aromatic carbocycles. The molecule has 3 heteroatoms. The molecular formula is C18H21F2N. The van der Waals surface area contributed by atoms with Gasteiger partial charge < -0.3 is 5.32 Å². The van der Waals surface area contributed by atoms with Gasteiger partial charge in [0.15, 0.2) is 11.6 Å². The first-order valence-electron chi connectivity index (χ1n) is 7.42. The van der Waals surface area contributed by atoms with Crippen molar-refractivity contribution in [3.63, 3.8) is 0 Å². The smallest absolute Gasteiger partial charge is 0.159 e. The zero-order valence-corrected chi connectivity index (χ0v) is 12.5. The summed E-state index contributed by atoms with van der Waals surface area (Å²) in [6.45, 7) is 5.00. The van der Waals surface area contributed by atoms with Gasteiger partial charge in [0.25, 0.3) is 0 Å². The van der Waals surface area contributed by atoms with Crippen molar-refractivity contribution in [1.82, 2.24) is 5.32 Å². The topological polar surface area (TPSA) is 12.0 Å². The molecule has 2 aromatic rings. The lowest BCUT2D eigenvalue weighted by Gasteiger charge is -2.20. The Balaban J connectivity index is 2.38. The lowest BCUT2D eigenvalue weighted by molar-refractivity contribution is 0.503. The Morgan fingerprint density at radius 3 is 2.38 bits per heavy atom. The van der Waals surface area contributed by atoms with Gasteiger partial charge in [0.2, 0.25) is 0 Å². The van der Waals surface area contributed by atoms with Crippen molar-refractivity contribution in [1.29, 1.82) is 0 Å². The monoisotopic (exact) mass is 289 g/mol. The molecule has 112 valence electrons. The fraction of sp³-hybridized carbons (Fsp3) is 0.333. The molecule has 0 aliphatic heterocycles. The quantitative estimate of drug-likeness (QED) is 0.818. The van der Waals surface area contributed by atoms with Crippen molar-refractivity contribution in [2.24, 2.45) is 0 Å². The zero-order valence-electron chi connectivity index (χ0n) is 12.5. The minimum Gasteiger partial charge on any atom is -0.306 e. The van der Waals surface area contributed by atoms with Gasteiger partial charge in [0.1, 0.15) is 0 Å². The van der Waals surface area contributed by atoms with Gasteiger partial charge in [-0.05, 0) is 48.2 Å². The maximum Gasteiger partial charge on any atom is 0.159 e. The highest BCUT2D eigenvalue weighted by atomic mass is 19.2. The fourth-order valence-electron chi connectivity index (χ4n) is 2.40. The van der Waals surface area contributed by atoms with Crippen molar-refractivity contribution in [2.45, 2.75) is 32.7 Å². The lowest BCUT2D eigenvalue weighted by Crippen LogP contribution is -2.23. The molecule has 1 atom stereocenters. The summed E-state index contributed by atoms with van der Waals surface area (Å²) >= 11 is 0. The standard InChI is InChI=1S/C18H21F2N/c1-3-10-21-18(14-7-5-6-13(4-2)11-14)15-8-9-16(19)17(20)12-15/h5-9,11-12,18,21H,3-4,10H2,1-2H3. The number of hydrogen-bond acceptors (Lipinski definition) is 1. The number of rotatable bonds is 6. The summed E-state index contributed by atoms with van der Waals surface area (Å²) in [5.74, 6) is -1.61. The molecule has 1 nitrogen and oxygen atoms in total. The van der Waals surface area contributed by atoms with Gasteiger partial charge in [-0.3, -0.25) is 0 Å². The second-order valence-corrected chi connectivity index (χ2v) is 5.16. The Kier molecular flexibility index (Phi) is 5.45. The van der Waals surface area contributed by atoms with Gasteiger partial charge in [-0.15, -0.1) is 0 Å². The summed E-state index contributed by atoms with van der Waals surface area (Å²) in [6.07, 6.45) is 1.93. The Morgan fingerprint density at radius 2 is 1.71 bits per heavy atom. The molecule has 21 heavy (non-hydrogen) atoms.